The van der Waals surface area contributed by atoms with Crippen LogP contribution >= 0.6 is 0 Å². The molecular weight excluding hydrogens is 336 g/mol. The summed E-state index contributed by atoms with van der Waals surface area (Å²) in [5.41, 5.74) is 3.12. The van der Waals surface area contributed by atoms with Gasteiger partial charge in [0.05, 0.1) is 5.52 Å². The van der Waals surface area contributed by atoms with Crippen LogP contribution in [0.3, 0.4) is 0 Å². The van der Waals surface area contributed by atoms with Crippen LogP contribution in [-0.2, 0) is 13.0 Å². The van der Waals surface area contributed by atoms with Gasteiger partial charge in [0.2, 0.25) is 5.43 Å². The van der Waals surface area contributed by atoms with Gasteiger partial charge in [-0.05, 0) is 51.3 Å². The van der Waals surface area contributed by atoms with E-state index in [1.165, 1.54) is 5.56 Å². The Morgan fingerprint density at radius 1 is 1.15 bits per heavy atom. The number of pyridine rings is 1. The van der Waals surface area contributed by atoms with Crippen LogP contribution in [0.4, 0.5) is 0 Å². The van der Waals surface area contributed by atoms with Gasteiger partial charge >= 0.3 is 0 Å². The fourth-order valence-electron chi connectivity index (χ4n) is 3.34. The molecule has 140 valence electrons. The summed E-state index contributed by atoms with van der Waals surface area (Å²) in [5, 5.41) is 3.58. The molecule has 0 aliphatic heterocycles. The molecule has 0 unspecified atom stereocenters. The van der Waals surface area contributed by atoms with Crippen LogP contribution < -0.4 is 10.7 Å². The van der Waals surface area contributed by atoms with E-state index in [1.807, 2.05) is 61.7 Å². The Labute approximate surface area is 159 Å². The maximum atomic E-state index is 12.9. The maximum Gasteiger partial charge on any atom is 0.256 e. The first-order valence-corrected chi connectivity index (χ1v) is 9.48. The summed E-state index contributed by atoms with van der Waals surface area (Å²) in [6, 6.07) is 16.0. The van der Waals surface area contributed by atoms with Crippen molar-refractivity contribution >= 4 is 16.8 Å². The number of hydrogen-bond donors (Lipinski definition) is 1. The molecule has 0 radical (unpaired) electrons. The van der Waals surface area contributed by atoms with Crippen LogP contribution in [-0.4, -0.2) is 16.5 Å². The number of nitrogens with one attached hydrogen (secondary N) is 1. The predicted molar refractivity (Wildman–Crippen MR) is 110 cm³/mol. The van der Waals surface area contributed by atoms with E-state index in [4.69, 9.17) is 0 Å². The van der Waals surface area contributed by atoms with E-state index in [0.29, 0.717) is 11.9 Å². The maximum absolute atomic E-state index is 12.9. The van der Waals surface area contributed by atoms with Crippen molar-refractivity contribution in [2.24, 2.45) is 0 Å². The van der Waals surface area contributed by atoms with Gasteiger partial charge in [-0.3, -0.25) is 9.59 Å². The fourth-order valence-corrected chi connectivity index (χ4v) is 3.34. The Bertz CT molecular complexity index is 1010. The summed E-state index contributed by atoms with van der Waals surface area (Å²) in [7, 11) is 0. The zero-order chi connectivity index (χ0) is 19.4. The van der Waals surface area contributed by atoms with Crippen molar-refractivity contribution in [2.45, 2.75) is 46.2 Å². The lowest BCUT2D eigenvalue weighted by atomic mass is 10.1. The molecule has 0 saturated carbocycles. The first-order valence-electron chi connectivity index (χ1n) is 9.48. The SMILES string of the molecule is CCn1cc(C(=O)N[C@@H](C)CCc2ccccc2)c(=O)c2cc(C)ccc21. The van der Waals surface area contributed by atoms with Crippen LogP contribution in [0.15, 0.2) is 59.5 Å². The number of hydrogen-bond acceptors (Lipinski definition) is 2. The zero-order valence-electron chi connectivity index (χ0n) is 16.2. The van der Waals surface area contributed by atoms with E-state index in [1.54, 1.807) is 6.20 Å². The Hall–Kier alpha value is -2.88. The van der Waals surface area contributed by atoms with E-state index in [-0.39, 0.29) is 22.9 Å². The molecule has 1 N–H and O–H groups in total. The Kier molecular flexibility index (Phi) is 5.75. The lowest BCUT2D eigenvalue weighted by Crippen LogP contribution is -2.36. The highest BCUT2D eigenvalue weighted by atomic mass is 16.2. The third kappa shape index (κ3) is 4.27. The molecule has 0 bridgehead atoms. The van der Waals surface area contributed by atoms with Gasteiger partial charge in [0.25, 0.3) is 5.91 Å². The van der Waals surface area contributed by atoms with Crippen LogP contribution in [0.2, 0.25) is 0 Å². The smallest absolute Gasteiger partial charge is 0.256 e. The van der Waals surface area contributed by atoms with E-state index in [9.17, 15) is 9.59 Å². The number of carbonyl (C=O) groups excluding carboxylic acids is 1. The molecule has 0 fully saturated rings. The minimum absolute atomic E-state index is 0.0135. The van der Waals surface area contributed by atoms with Crippen LogP contribution in [0.1, 0.15) is 41.8 Å². The summed E-state index contributed by atoms with van der Waals surface area (Å²) < 4.78 is 1.96. The minimum Gasteiger partial charge on any atom is -0.349 e. The van der Waals surface area contributed by atoms with Gasteiger partial charge in [0, 0.05) is 24.2 Å². The van der Waals surface area contributed by atoms with Crippen LogP contribution in [0.5, 0.6) is 0 Å². The fraction of sp³-hybridized carbons (Fsp3) is 0.304. The van der Waals surface area contributed by atoms with Gasteiger partial charge < -0.3 is 9.88 Å². The van der Waals surface area contributed by atoms with Crippen LogP contribution in [0.25, 0.3) is 10.9 Å². The normalized spacial score (nSPS) is 12.1. The molecule has 4 heteroatoms. The average molecular weight is 362 g/mol. The number of carbonyl (C=O) groups is 1. The first-order chi connectivity index (χ1) is 13.0. The highest BCUT2D eigenvalue weighted by Crippen LogP contribution is 2.14. The molecule has 0 aliphatic rings. The second-order valence-corrected chi connectivity index (χ2v) is 7.08. The molecule has 3 aromatic rings. The molecular formula is C23H26N2O2. The Morgan fingerprint density at radius 2 is 1.89 bits per heavy atom. The summed E-state index contributed by atoms with van der Waals surface area (Å²) in [6.07, 6.45) is 3.39. The Balaban J connectivity index is 1.80. The second-order valence-electron chi connectivity index (χ2n) is 7.08. The van der Waals surface area contributed by atoms with Crippen molar-refractivity contribution in [3.8, 4) is 0 Å². The summed E-state index contributed by atoms with van der Waals surface area (Å²) in [5.74, 6) is -0.300. The summed E-state index contributed by atoms with van der Waals surface area (Å²) >= 11 is 0. The van der Waals surface area contributed by atoms with E-state index in [0.717, 1.165) is 23.9 Å². The number of fused-ring (bicyclic) bond motifs is 1. The molecule has 0 saturated heterocycles. The lowest BCUT2D eigenvalue weighted by Gasteiger charge is -2.16. The largest absolute Gasteiger partial charge is 0.349 e. The van der Waals surface area contributed by atoms with E-state index < -0.39 is 0 Å². The van der Waals surface area contributed by atoms with Gasteiger partial charge in [-0.2, -0.15) is 0 Å². The van der Waals surface area contributed by atoms with Crippen LogP contribution in [0, 0.1) is 6.92 Å². The molecule has 2 aromatic carbocycles. The van der Waals surface area contributed by atoms with Gasteiger partial charge in [-0.1, -0.05) is 42.0 Å². The van der Waals surface area contributed by atoms with Gasteiger partial charge in [-0.15, -0.1) is 0 Å². The Morgan fingerprint density at radius 3 is 2.59 bits per heavy atom. The standard InChI is InChI=1S/C23H26N2O2/c1-4-25-15-20(22(26)19-14-16(2)10-13-21(19)25)23(27)24-17(3)11-12-18-8-6-5-7-9-18/h5-10,13-15,17H,4,11-12H2,1-3H3,(H,24,27)/t17-/m0/s1. The molecule has 3 rings (SSSR count). The molecule has 27 heavy (non-hydrogen) atoms. The second kappa shape index (κ2) is 8.21. The first kappa shape index (κ1) is 18.9. The third-order valence-corrected chi connectivity index (χ3v) is 4.91. The number of nitrogens with zero attached hydrogens (tertiary/aromatic N) is 1. The van der Waals surface area contributed by atoms with E-state index >= 15 is 0 Å². The van der Waals surface area contributed by atoms with Gasteiger partial charge in [0.1, 0.15) is 5.56 Å². The predicted octanol–water partition coefficient (Wildman–Crippen LogP) is 4.08. The lowest BCUT2D eigenvalue weighted by molar-refractivity contribution is 0.0937. The minimum atomic E-state index is -0.300. The van der Waals surface area contributed by atoms with Gasteiger partial charge in [-0.25, -0.2) is 0 Å². The number of aryl methyl sites for hydroxylation is 3. The summed E-state index contributed by atoms with van der Waals surface area (Å²) in [6.45, 7) is 6.63. The molecule has 1 heterocycles. The van der Waals surface area contributed by atoms with Crippen molar-refractivity contribution < 1.29 is 4.79 Å². The van der Waals surface area contributed by atoms with Crippen molar-refractivity contribution in [3.63, 3.8) is 0 Å². The molecule has 1 atom stereocenters. The van der Waals surface area contributed by atoms with E-state index in [2.05, 4.69) is 17.4 Å². The zero-order valence-corrected chi connectivity index (χ0v) is 16.2. The van der Waals surface area contributed by atoms with Gasteiger partial charge in [0.15, 0.2) is 0 Å². The molecule has 4 nitrogen and oxygen atoms in total. The van der Waals surface area contributed by atoms with Crippen molar-refractivity contribution in [3.05, 3.63) is 81.6 Å². The number of aromatic nitrogens is 1. The quantitative estimate of drug-likeness (QED) is 0.718. The topological polar surface area (TPSA) is 51.1 Å². The number of benzene rings is 2. The third-order valence-electron chi connectivity index (χ3n) is 4.91. The number of amides is 1. The highest BCUT2D eigenvalue weighted by Gasteiger charge is 2.17. The number of rotatable bonds is 6. The highest BCUT2D eigenvalue weighted by molar-refractivity contribution is 5.97. The molecule has 1 aromatic heterocycles. The monoisotopic (exact) mass is 362 g/mol. The van der Waals surface area contributed by atoms with Crippen molar-refractivity contribution in [1.29, 1.82) is 0 Å². The summed E-state index contributed by atoms with van der Waals surface area (Å²) in [4.78, 5) is 25.6. The van der Waals surface area contributed by atoms with Crippen molar-refractivity contribution in [1.82, 2.24) is 9.88 Å². The molecule has 1 amide bonds. The average Bonchev–Trinajstić information content (AvgIpc) is 2.67. The molecule has 0 spiro atoms. The van der Waals surface area contributed by atoms with Crippen molar-refractivity contribution in [2.75, 3.05) is 0 Å². The molecule has 0 aliphatic carbocycles.